The summed E-state index contributed by atoms with van der Waals surface area (Å²) in [6.07, 6.45) is 0. The van der Waals surface area contributed by atoms with Crippen LogP contribution in [0, 0.1) is 0 Å². The van der Waals surface area contributed by atoms with Gasteiger partial charge in [-0.1, -0.05) is 0 Å². The van der Waals surface area contributed by atoms with Gasteiger partial charge in [0.1, 0.15) is 18.1 Å². The monoisotopic (exact) mass is 1500 g/mol. The Bertz CT molecular complexity index is 278. The first-order chi connectivity index (χ1) is 7.36. The van der Waals surface area contributed by atoms with Crippen molar-refractivity contribution in [1.29, 1.82) is 0 Å². The fourth-order valence-corrected chi connectivity index (χ4v) is 1.06. The van der Waals surface area contributed by atoms with Gasteiger partial charge in [-0.15, -0.1) is 0 Å². The maximum atomic E-state index is 8.46. The summed E-state index contributed by atoms with van der Waals surface area (Å²) in [5.41, 5.74) is 0. The molecule has 0 saturated heterocycles. The predicted molar refractivity (Wildman–Crippen MR) is 56.4 cm³/mol. The van der Waals surface area contributed by atoms with E-state index in [0.717, 1.165) is 11.5 Å². The molecule has 0 unspecified atom stereocenters. The van der Waals surface area contributed by atoms with Gasteiger partial charge in [0.2, 0.25) is 0 Å². The van der Waals surface area contributed by atoms with Gasteiger partial charge in [0, 0.05) is 147 Å². The van der Waals surface area contributed by atoms with E-state index in [0.29, 0.717) is 19.8 Å². The number of hydrogen-bond acceptors (Lipinski definition) is 4. The summed E-state index contributed by atoms with van der Waals surface area (Å²) < 4.78 is 15.5. The molecular formula is C11H16O4W7. The Hall–Kier alpha value is 3.56. The van der Waals surface area contributed by atoms with Crippen LogP contribution in [0.4, 0.5) is 0 Å². The van der Waals surface area contributed by atoms with E-state index >= 15 is 0 Å². The van der Waals surface area contributed by atoms with Gasteiger partial charge >= 0.3 is 0 Å². The Labute approximate surface area is 232 Å². The summed E-state index contributed by atoms with van der Waals surface area (Å²) in [4.78, 5) is 0. The summed E-state index contributed by atoms with van der Waals surface area (Å²) in [7, 11) is 1.62. The smallest absolute Gasteiger partial charge is 0.119 e. The van der Waals surface area contributed by atoms with Crippen LogP contribution in [0.1, 0.15) is 0 Å². The molecule has 1 N–H and O–H groups in total. The molecule has 1 rings (SSSR count). The number of ether oxygens (including phenoxy) is 3. The van der Waals surface area contributed by atoms with Gasteiger partial charge in [0.25, 0.3) is 0 Å². The third-order valence-electron chi connectivity index (χ3n) is 1.79. The molecule has 0 aromatic heterocycles. The third kappa shape index (κ3) is 23.6. The number of rotatable bonds is 7. The molecule has 0 heterocycles. The van der Waals surface area contributed by atoms with Crippen molar-refractivity contribution in [3.8, 4) is 11.5 Å². The molecule has 0 radical (unpaired) electrons. The molecule has 11 heteroatoms. The van der Waals surface area contributed by atoms with Crippen molar-refractivity contribution in [3.05, 3.63) is 24.3 Å². The first-order valence-electron chi connectivity index (χ1n) is 4.82. The van der Waals surface area contributed by atoms with E-state index < -0.39 is 0 Å². The van der Waals surface area contributed by atoms with Crippen molar-refractivity contribution in [1.82, 2.24) is 0 Å². The maximum absolute atomic E-state index is 8.46. The summed E-state index contributed by atoms with van der Waals surface area (Å²) in [5.74, 6) is 1.59. The Morgan fingerprint density at radius 3 is 1.59 bits per heavy atom. The molecule has 126 valence electrons. The van der Waals surface area contributed by atoms with E-state index in [1.165, 1.54) is 0 Å². The molecule has 0 spiro atoms. The molecule has 0 aliphatic heterocycles. The van der Waals surface area contributed by atoms with Crippen LogP contribution in [0.15, 0.2) is 24.3 Å². The van der Waals surface area contributed by atoms with Crippen LogP contribution in [0.3, 0.4) is 0 Å². The van der Waals surface area contributed by atoms with Crippen molar-refractivity contribution in [2.45, 2.75) is 0 Å². The topological polar surface area (TPSA) is 47.9 Å². The summed E-state index contributed by atoms with van der Waals surface area (Å²) in [6, 6.07) is 7.35. The Morgan fingerprint density at radius 1 is 0.727 bits per heavy atom. The average molecular weight is 1500 g/mol. The van der Waals surface area contributed by atoms with E-state index in [9.17, 15) is 0 Å². The van der Waals surface area contributed by atoms with Crippen molar-refractivity contribution in [2.24, 2.45) is 0 Å². The SMILES string of the molecule is COc1ccc(OCCOCCO)cc1.[W].[W].[W].[W].[W].[W].[W]. The Kier molecular flexibility index (Phi) is 65.6. The Balaban J connectivity index is -0.0000000643. The number of methoxy groups -OCH3 is 1. The van der Waals surface area contributed by atoms with Crippen molar-refractivity contribution < 1.29 is 167 Å². The van der Waals surface area contributed by atoms with Crippen LogP contribution in [0.2, 0.25) is 0 Å². The average Bonchev–Trinajstić information content (AvgIpc) is 2.30. The second kappa shape index (κ2) is 32.2. The minimum absolute atomic E-state index is 0. The summed E-state index contributed by atoms with van der Waals surface area (Å²) in [6.45, 7) is 1.35. The molecule has 4 nitrogen and oxygen atoms in total. The van der Waals surface area contributed by atoms with Crippen LogP contribution in [-0.4, -0.2) is 38.6 Å². The molecule has 1 aromatic carbocycles. The molecule has 0 aliphatic carbocycles. The number of benzene rings is 1. The standard InChI is InChI=1S/C11H16O4.7W/c1-13-10-2-4-11(5-3-10)15-9-8-14-7-6-12;;;;;;;/h2-5,12H,6-9H2,1H3;;;;;;;. The minimum atomic E-state index is 0. The summed E-state index contributed by atoms with van der Waals surface area (Å²) >= 11 is 0. The second-order valence-corrected chi connectivity index (χ2v) is 2.86. The van der Waals surface area contributed by atoms with Crippen LogP contribution in [0.25, 0.3) is 0 Å². The van der Waals surface area contributed by atoms with Crippen molar-refractivity contribution >= 4 is 0 Å². The van der Waals surface area contributed by atoms with Crippen LogP contribution in [-0.2, 0) is 152 Å². The molecular weight excluding hydrogens is 1480 g/mol. The predicted octanol–water partition coefficient (Wildman–Crippen LogP) is 1.07. The van der Waals surface area contributed by atoms with Gasteiger partial charge in [-0.3, -0.25) is 0 Å². The van der Waals surface area contributed by atoms with Gasteiger partial charge in [-0.25, -0.2) is 0 Å². The number of aliphatic hydroxyl groups excluding tert-OH is 1. The van der Waals surface area contributed by atoms with Crippen molar-refractivity contribution in [3.63, 3.8) is 0 Å². The quantitative estimate of drug-likeness (QED) is 0.416. The largest absolute Gasteiger partial charge is 0.497 e. The van der Waals surface area contributed by atoms with Gasteiger partial charge in [0.05, 0.1) is 26.9 Å². The van der Waals surface area contributed by atoms with Crippen molar-refractivity contribution in [2.75, 3.05) is 33.5 Å². The number of hydrogen-bond donors (Lipinski definition) is 1. The normalized spacial score (nSPS) is 6.82. The zero-order valence-electron chi connectivity index (χ0n) is 11.7. The first-order valence-corrected chi connectivity index (χ1v) is 4.82. The van der Waals surface area contributed by atoms with Crippen LogP contribution < -0.4 is 9.47 Å². The van der Waals surface area contributed by atoms with Crippen LogP contribution in [0.5, 0.6) is 11.5 Å². The maximum Gasteiger partial charge on any atom is 0.119 e. The second-order valence-electron chi connectivity index (χ2n) is 2.86. The summed E-state index contributed by atoms with van der Waals surface area (Å²) in [5, 5.41) is 8.46. The zero-order chi connectivity index (χ0) is 10.9. The van der Waals surface area contributed by atoms with Gasteiger partial charge in [-0.2, -0.15) is 0 Å². The molecule has 0 atom stereocenters. The van der Waals surface area contributed by atoms with E-state index in [1.807, 2.05) is 24.3 Å². The number of aliphatic hydroxyl groups is 1. The van der Waals surface area contributed by atoms with E-state index in [4.69, 9.17) is 19.3 Å². The van der Waals surface area contributed by atoms with Gasteiger partial charge < -0.3 is 19.3 Å². The molecule has 0 fully saturated rings. The molecule has 0 saturated carbocycles. The molecule has 22 heavy (non-hydrogen) atoms. The van der Waals surface area contributed by atoms with E-state index in [-0.39, 0.29) is 154 Å². The molecule has 0 bridgehead atoms. The zero-order valence-corrected chi connectivity index (χ0v) is 32.2. The van der Waals surface area contributed by atoms with Gasteiger partial charge in [0.15, 0.2) is 0 Å². The van der Waals surface area contributed by atoms with Crippen LogP contribution >= 0.6 is 0 Å². The Morgan fingerprint density at radius 2 is 1.18 bits per heavy atom. The third-order valence-corrected chi connectivity index (χ3v) is 1.79. The minimum Gasteiger partial charge on any atom is -0.497 e. The molecule has 0 aliphatic rings. The van der Waals surface area contributed by atoms with E-state index in [1.54, 1.807) is 7.11 Å². The first kappa shape index (κ1) is 44.8. The van der Waals surface area contributed by atoms with E-state index in [2.05, 4.69) is 0 Å². The molecule has 0 amide bonds. The fraction of sp³-hybridized carbons (Fsp3) is 0.455. The van der Waals surface area contributed by atoms with Gasteiger partial charge in [-0.05, 0) is 24.3 Å². The molecule has 1 aromatic rings. The fourth-order valence-electron chi connectivity index (χ4n) is 1.06.